The molecule has 0 radical (unpaired) electrons. The number of aryl methyl sites for hydroxylation is 1. The van der Waals surface area contributed by atoms with Crippen LogP contribution >= 0.6 is 0 Å². The van der Waals surface area contributed by atoms with Crippen LogP contribution in [-0.2, 0) is 11.3 Å². The predicted octanol–water partition coefficient (Wildman–Crippen LogP) is 1.74. The van der Waals surface area contributed by atoms with Crippen molar-refractivity contribution in [2.75, 3.05) is 57.8 Å². The molecule has 1 aliphatic rings. The van der Waals surface area contributed by atoms with Crippen molar-refractivity contribution in [2.24, 2.45) is 0 Å². The molecule has 1 saturated heterocycles. The van der Waals surface area contributed by atoms with E-state index in [1.54, 1.807) is 0 Å². The molecule has 0 bridgehead atoms. The highest BCUT2D eigenvalue weighted by Gasteiger charge is 2.20. The summed E-state index contributed by atoms with van der Waals surface area (Å²) >= 11 is 0. The molecule has 1 N–H and O–H groups in total. The molecule has 1 aromatic heterocycles. The van der Waals surface area contributed by atoms with Gasteiger partial charge in [0.2, 0.25) is 5.91 Å². The van der Waals surface area contributed by atoms with E-state index in [9.17, 15) is 4.79 Å². The van der Waals surface area contributed by atoms with E-state index in [0.717, 1.165) is 57.1 Å². The number of benzene rings is 1. The molecule has 0 spiro atoms. The molecular weight excluding hydrogens is 354 g/mol. The highest BCUT2D eigenvalue weighted by Crippen LogP contribution is 2.11. The Hall–Kier alpha value is -2.38. The fraction of sp³-hybridized carbons (Fsp3) is 0.524. The number of nitrogens with zero attached hydrogens (tertiary/aromatic N) is 4. The lowest BCUT2D eigenvalue weighted by atomic mass is 10.2. The van der Waals surface area contributed by atoms with Gasteiger partial charge < -0.3 is 14.7 Å². The van der Waals surface area contributed by atoms with Crippen molar-refractivity contribution in [1.29, 1.82) is 0 Å². The number of anilines is 1. The van der Waals surface area contributed by atoms with Crippen LogP contribution in [0.5, 0.6) is 0 Å². The zero-order valence-electron chi connectivity index (χ0n) is 16.9. The van der Waals surface area contributed by atoms with Crippen LogP contribution < -0.4 is 10.2 Å². The smallest absolute Gasteiger partial charge is 0.234 e. The average Bonchev–Trinajstić information content (AvgIpc) is 3.12. The van der Waals surface area contributed by atoms with Crippen molar-refractivity contribution >= 4 is 11.6 Å². The molecule has 1 aliphatic heterocycles. The molecule has 0 unspecified atom stereocenters. The van der Waals surface area contributed by atoms with Gasteiger partial charge in [-0.15, -0.1) is 0 Å². The summed E-state index contributed by atoms with van der Waals surface area (Å²) in [4.78, 5) is 19.0. The van der Waals surface area contributed by atoms with Gasteiger partial charge in [-0.1, -0.05) is 23.4 Å². The first-order valence-electron chi connectivity index (χ1n) is 10.00. The number of rotatable bonds is 9. The van der Waals surface area contributed by atoms with E-state index in [4.69, 9.17) is 4.52 Å². The van der Waals surface area contributed by atoms with Gasteiger partial charge in [0, 0.05) is 58.1 Å². The number of hydrogen-bond acceptors (Lipinski definition) is 6. The fourth-order valence-electron chi connectivity index (χ4n) is 3.43. The van der Waals surface area contributed by atoms with E-state index in [0.29, 0.717) is 13.1 Å². The van der Waals surface area contributed by atoms with Crippen molar-refractivity contribution < 1.29 is 9.32 Å². The van der Waals surface area contributed by atoms with Crippen LogP contribution in [0.15, 0.2) is 40.9 Å². The SMILES string of the molecule is Cc1cc(CN2CCN(CC(=O)NCCCN(C)c3ccccc3)CC2)on1. The average molecular weight is 386 g/mol. The number of piperazine rings is 1. The summed E-state index contributed by atoms with van der Waals surface area (Å²) in [5, 5.41) is 6.98. The quantitative estimate of drug-likeness (QED) is 0.664. The van der Waals surface area contributed by atoms with E-state index >= 15 is 0 Å². The number of nitrogens with one attached hydrogen (secondary N) is 1. The van der Waals surface area contributed by atoms with E-state index in [2.05, 4.69) is 44.4 Å². The molecule has 3 rings (SSSR count). The molecule has 0 aliphatic carbocycles. The van der Waals surface area contributed by atoms with E-state index in [1.807, 2.05) is 31.2 Å². The summed E-state index contributed by atoms with van der Waals surface area (Å²) in [7, 11) is 2.08. The number of carbonyl (C=O) groups excluding carboxylic acids is 1. The van der Waals surface area contributed by atoms with Crippen molar-refractivity contribution in [2.45, 2.75) is 19.9 Å². The summed E-state index contributed by atoms with van der Waals surface area (Å²) in [6.45, 7) is 8.51. The van der Waals surface area contributed by atoms with Crippen LogP contribution in [0.4, 0.5) is 5.69 Å². The third kappa shape index (κ3) is 6.35. The first-order chi connectivity index (χ1) is 13.6. The van der Waals surface area contributed by atoms with E-state index in [1.165, 1.54) is 5.69 Å². The van der Waals surface area contributed by atoms with Gasteiger partial charge in [0.1, 0.15) is 0 Å². The maximum Gasteiger partial charge on any atom is 0.234 e. The number of hydrogen-bond donors (Lipinski definition) is 1. The van der Waals surface area contributed by atoms with Gasteiger partial charge in [-0.3, -0.25) is 14.6 Å². The molecule has 2 heterocycles. The van der Waals surface area contributed by atoms with E-state index < -0.39 is 0 Å². The van der Waals surface area contributed by atoms with Crippen LogP contribution in [0.1, 0.15) is 17.9 Å². The molecule has 1 fully saturated rings. The second-order valence-corrected chi connectivity index (χ2v) is 7.45. The fourth-order valence-corrected chi connectivity index (χ4v) is 3.43. The van der Waals surface area contributed by atoms with Crippen LogP contribution in [0, 0.1) is 6.92 Å². The Labute approximate surface area is 167 Å². The minimum Gasteiger partial charge on any atom is -0.375 e. The number of amides is 1. The molecule has 0 atom stereocenters. The highest BCUT2D eigenvalue weighted by atomic mass is 16.5. The lowest BCUT2D eigenvalue weighted by Crippen LogP contribution is -2.49. The molecular formula is C21H31N5O2. The van der Waals surface area contributed by atoms with Crippen LogP contribution in [0.3, 0.4) is 0 Å². The lowest BCUT2D eigenvalue weighted by molar-refractivity contribution is -0.122. The summed E-state index contributed by atoms with van der Waals surface area (Å²) in [6.07, 6.45) is 0.932. The normalized spacial score (nSPS) is 15.5. The highest BCUT2D eigenvalue weighted by molar-refractivity contribution is 5.78. The Morgan fingerprint density at radius 2 is 1.89 bits per heavy atom. The first-order valence-corrected chi connectivity index (χ1v) is 10.00. The Morgan fingerprint density at radius 3 is 2.57 bits per heavy atom. The maximum atomic E-state index is 12.2. The van der Waals surface area contributed by atoms with E-state index in [-0.39, 0.29) is 5.91 Å². The van der Waals surface area contributed by atoms with Gasteiger partial charge in [-0.05, 0) is 25.5 Å². The third-order valence-electron chi connectivity index (χ3n) is 5.08. The largest absolute Gasteiger partial charge is 0.375 e. The summed E-state index contributed by atoms with van der Waals surface area (Å²) in [5.74, 6) is 1.02. The maximum absolute atomic E-state index is 12.2. The third-order valence-corrected chi connectivity index (χ3v) is 5.08. The summed E-state index contributed by atoms with van der Waals surface area (Å²) < 4.78 is 5.29. The van der Waals surface area contributed by atoms with Gasteiger partial charge in [-0.25, -0.2) is 0 Å². The van der Waals surface area contributed by atoms with Crippen molar-refractivity contribution in [1.82, 2.24) is 20.3 Å². The minimum absolute atomic E-state index is 0.113. The Kier molecular flexibility index (Phi) is 7.45. The Bertz CT molecular complexity index is 725. The van der Waals surface area contributed by atoms with Crippen LogP contribution in [0.2, 0.25) is 0 Å². The second-order valence-electron chi connectivity index (χ2n) is 7.45. The molecule has 2 aromatic rings. The predicted molar refractivity (Wildman–Crippen MR) is 110 cm³/mol. The van der Waals surface area contributed by atoms with Gasteiger partial charge in [-0.2, -0.15) is 0 Å². The standard InChI is InChI=1S/C21H31N5O2/c1-18-15-20(28-23-18)16-25-11-13-26(14-12-25)17-21(27)22-9-6-10-24(2)19-7-4-3-5-8-19/h3-5,7-8,15H,6,9-14,16-17H2,1-2H3,(H,22,27). The van der Waals surface area contributed by atoms with Crippen molar-refractivity contribution in [3.63, 3.8) is 0 Å². The molecule has 1 amide bonds. The second kappa shape index (κ2) is 10.2. The molecule has 28 heavy (non-hydrogen) atoms. The number of aromatic nitrogens is 1. The first kappa shape index (κ1) is 20.4. The van der Waals surface area contributed by atoms with Gasteiger partial charge in [0.15, 0.2) is 5.76 Å². The number of carbonyl (C=O) groups is 1. The monoisotopic (exact) mass is 385 g/mol. The Balaban J connectivity index is 1.27. The molecule has 152 valence electrons. The van der Waals surface area contributed by atoms with Crippen LogP contribution in [0.25, 0.3) is 0 Å². The van der Waals surface area contributed by atoms with Crippen molar-refractivity contribution in [3.8, 4) is 0 Å². The van der Waals surface area contributed by atoms with Gasteiger partial charge >= 0.3 is 0 Å². The topological polar surface area (TPSA) is 64.8 Å². The van der Waals surface area contributed by atoms with Crippen molar-refractivity contribution in [3.05, 3.63) is 47.9 Å². The zero-order valence-corrected chi connectivity index (χ0v) is 16.9. The minimum atomic E-state index is 0.113. The van der Waals surface area contributed by atoms with Gasteiger partial charge in [0.05, 0.1) is 18.8 Å². The van der Waals surface area contributed by atoms with Gasteiger partial charge in [0.25, 0.3) is 0 Å². The number of para-hydroxylation sites is 1. The molecule has 7 nitrogen and oxygen atoms in total. The zero-order chi connectivity index (χ0) is 19.8. The molecule has 7 heteroatoms. The molecule has 1 aromatic carbocycles. The lowest BCUT2D eigenvalue weighted by Gasteiger charge is -2.33. The molecule has 0 saturated carbocycles. The Morgan fingerprint density at radius 1 is 1.18 bits per heavy atom. The summed E-state index contributed by atoms with van der Waals surface area (Å²) in [6, 6.07) is 12.3. The summed E-state index contributed by atoms with van der Waals surface area (Å²) in [5.41, 5.74) is 2.12. The van der Waals surface area contributed by atoms with Crippen LogP contribution in [-0.4, -0.2) is 73.7 Å².